The van der Waals surface area contributed by atoms with Crippen molar-refractivity contribution < 1.29 is 9.84 Å². The normalized spacial score (nSPS) is 39.1. The molecule has 0 saturated heterocycles. The molecule has 0 aromatic rings. The van der Waals surface area contributed by atoms with Crippen molar-refractivity contribution in [3.63, 3.8) is 0 Å². The van der Waals surface area contributed by atoms with E-state index >= 15 is 0 Å². The Bertz CT molecular complexity index is 438. The summed E-state index contributed by atoms with van der Waals surface area (Å²) in [4.78, 5) is 0. The molecule has 4 aliphatic rings. The average Bonchev–Trinajstić information content (AvgIpc) is 3.02. The van der Waals surface area contributed by atoms with Crippen molar-refractivity contribution in [2.75, 3.05) is 0 Å². The maximum atomic E-state index is 10.6. The maximum absolute atomic E-state index is 10.6. The quantitative estimate of drug-likeness (QED) is 0.704. The van der Waals surface area contributed by atoms with Gasteiger partial charge in [0.2, 0.25) is 5.79 Å². The lowest BCUT2D eigenvalue weighted by Crippen LogP contribution is -2.39. The van der Waals surface area contributed by atoms with E-state index in [4.69, 9.17) is 4.74 Å². The third kappa shape index (κ3) is 1.51. The fraction of sp³-hybridized carbons (Fsp3) is 0.750. The minimum Gasteiger partial charge on any atom is -0.462 e. The largest absolute Gasteiger partial charge is 0.462 e. The fourth-order valence-electron chi connectivity index (χ4n) is 4.39. The van der Waals surface area contributed by atoms with Gasteiger partial charge in [0.05, 0.1) is 0 Å². The van der Waals surface area contributed by atoms with Gasteiger partial charge in [0.25, 0.3) is 0 Å². The third-order valence-corrected chi connectivity index (χ3v) is 5.40. The molecule has 0 amide bonds. The summed E-state index contributed by atoms with van der Waals surface area (Å²) in [6, 6.07) is 0. The lowest BCUT2D eigenvalue weighted by Gasteiger charge is -2.36. The number of aliphatic hydroxyl groups is 1. The van der Waals surface area contributed by atoms with Crippen LogP contribution in [0.5, 0.6) is 0 Å². The van der Waals surface area contributed by atoms with Gasteiger partial charge in [-0.15, -0.1) is 0 Å². The molecule has 0 aromatic heterocycles. The second-order valence-corrected chi connectivity index (χ2v) is 6.46. The Kier molecular flexibility index (Phi) is 2.38. The van der Waals surface area contributed by atoms with Gasteiger partial charge in [-0.3, -0.25) is 0 Å². The Balaban J connectivity index is 1.70. The highest BCUT2D eigenvalue weighted by molar-refractivity contribution is 5.43. The van der Waals surface area contributed by atoms with Crippen LogP contribution in [0.25, 0.3) is 0 Å². The zero-order chi connectivity index (χ0) is 12.2. The van der Waals surface area contributed by atoms with E-state index < -0.39 is 5.79 Å². The van der Waals surface area contributed by atoms with Crippen LogP contribution in [0.2, 0.25) is 0 Å². The van der Waals surface area contributed by atoms with Crippen LogP contribution in [-0.4, -0.2) is 10.9 Å². The van der Waals surface area contributed by atoms with E-state index in [1.165, 1.54) is 49.7 Å². The predicted octanol–water partition coefficient (Wildman–Crippen LogP) is 3.81. The van der Waals surface area contributed by atoms with Gasteiger partial charge in [-0.25, -0.2) is 0 Å². The highest BCUT2D eigenvalue weighted by Crippen LogP contribution is 2.52. The molecule has 98 valence electrons. The zero-order valence-corrected chi connectivity index (χ0v) is 11.0. The number of hydrogen-bond donors (Lipinski definition) is 1. The molecule has 1 N–H and O–H groups in total. The molecule has 2 fully saturated rings. The van der Waals surface area contributed by atoms with Crippen LogP contribution in [0.3, 0.4) is 0 Å². The predicted molar refractivity (Wildman–Crippen MR) is 69.7 cm³/mol. The van der Waals surface area contributed by atoms with Crippen LogP contribution >= 0.6 is 0 Å². The lowest BCUT2D eigenvalue weighted by atomic mass is 9.90. The first-order valence-corrected chi connectivity index (χ1v) is 7.61. The van der Waals surface area contributed by atoms with Crippen molar-refractivity contribution in [1.82, 2.24) is 0 Å². The molecular weight excluding hydrogens is 224 g/mol. The summed E-state index contributed by atoms with van der Waals surface area (Å²) in [6.45, 7) is 0. The van der Waals surface area contributed by atoms with Gasteiger partial charge in [-0.1, -0.05) is 5.57 Å². The third-order valence-electron chi connectivity index (χ3n) is 5.40. The van der Waals surface area contributed by atoms with E-state index in [0.29, 0.717) is 5.92 Å². The summed E-state index contributed by atoms with van der Waals surface area (Å²) >= 11 is 0. The fourth-order valence-corrected chi connectivity index (χ4v) is 4.39. The first kappa shape index (κ1) is 11.1. The summed E-state index contributed by atoms with van der Waals surface area (Å²) in [5, 5.41) is 10.6. The van der Waals surface area contributed by atoms with E-state index in [9.17, 15) is 5.11 Å². The number of hydrogen-bond acceptors (Lipinski definition) is 2. The van der Waals surface area contributed by atoms with E-state index in [0.717, 1.165) is 31.4 Å². The minimum absolute atomic E-state index is 0.365. The Morgan fingerprint density at radius 2 is 1.83 bits per heavy atom. The van der Waals surface area contributed by atoms with Crippen molar-refractivity contribution in [2.24, 2.45) is 5.92 Å². The van der Waals surface area contributed by atoms with E-state index in [2.05, 4.69) is 0 Å². The molecule has 0 radical (unpaired) electrons. The van der Waals surface area contributed by atoms with Crippen LogP contribution in [0.1, 0.15) is 64.2 Å². The molecule has 0 bridgehead atoms. The molecule has 3 aliphatic carbocycles. The Morgan fingerprint density at radius 3 is 2.67 bits per heavy atom. The minimum atomic E-state index is -0.826. The van der Waals surface area contributed by atoms with Crippen LogP contribution in [0, 0.1) is 5.92 Å². The van der Waals surface area contributed by atoms with Crippen LogP contribution in [0.4, 0.5) is 0 Å². The zero-order valence-electron chi connectivity index (χ0n) is 11.0. The maximum Gasteiger partial charge on any atom is 0.211 e. The summed E-state index contributed by atoms with van der Waals surface area (Å²) in [5.41, 5.74) is 4.60. The van der Waals surface area contributed by atoms with Gasteiger partial charge in [0.1, 0.15) is 5.76 Å². The SMILES string of the molecule is O[C@]12CCC[C@@H]1CC1=C(O2)C(=C2CCCC2)CC1. The number of fused-ring (bicyclic) bond motifs is 1. The molecular formula is C16H22O2. The van der Waals surface area contributed by atoms with E-state index in [1.807, 2.05) is 0 Å². The number of ether oxygens (including phenoxy) is 1. The monoisotopic (exact) mass is 246 g/mol. The van der Waals surface area contributed by atoms with Crippen molar-refractivity contribution in [3.8, 4) is 0 Å². The van der Waals surface area contributed by atoms with Crippen molar-refractivity contribution in [2.45, 2.75) is 70.0 Å². The molecule has 1 aliphatic heterocycles. The number of rotatable bonds is 0. The molecule has 2 atom stereocenters. The highest BCUT2D eigenvalue weighted by atomic mass is 16.6. The summed E-state index contributed by atoms with van der Waals surface area (Å²) in [6.07, 6.45) is 11.7. The van der Waals surface area contributed by atoms with Crippen LogP contribution in [-0.2, 0) is 4.74 Å². The second-order valence-electron chi connectivity index (χ2n) is 6.46. The average molecular weight is 246 g/mol. The number of allylic oxidation sites excluding steroid dienone is 3. The van der Waals surface area contributed by atoms with Gasteiger partial charge in [0.15, 0.2) is 0 Å². The van der Waals surface area contributed by atoms with Crippen LogP contribution in [0.15, 0.2) is 22.5 Å². The van der Waals surface area contributed by atoms with Crippen molar-refractivity contribution >= 4 is 0 Å². The van der Waals surface area contributed by atoms with E-state index in [1.54, 1.807) is 5.57 Å². The Morgan fingerprint density at radius 1 is 1.00 bits per heavy atom. The van der Waals surface area contributed by atoms with Gasteiger partial charge in [-0.05, 0) is 68.9 Å². The first-order valence-electron chi connectivity index (χ1n) is 7.61. The molecule has 1 heterocycles. The van der Waals surface area contributed by atoms with Gasteiger partial charge in [-0.2, -0.15) is 0 Å². The molecule has 18 heavy (non-hydrogen) atoms. The Hall–Kier alpha value is -0.760. The summed E-state index contributed by atoms with van der Waals surface area (Å²) < 4.78 is 6.12. The Labute approximate surface area is 109 Å². The summed E-state index contributed by atoms with van der Waals surface area (Å²) in [5.74, 6) is 0.657. The molecule has 4 rings (SSSR count). The molecule has 2 heteroatoms. The van der Waals surface area contributed by atoms with E-state index in [-0.39, 0.29) is 0 Å². The lowest BCUT2D eigenvalue weighted by molar-refractivity contribution is -0.205. The van der Waals surface area contributed by atoms with Gasteiger partial charge >= 0.3 is 0 Å². The molecule has 2 nitrogen and oxygen atoms in total. The van der Waals surface area contributed by atoms with Gasteiger partial charge in [0, 0.05) is 12.3 Å². The molecule has 0 aromatic carbocycles. The highest BCUT2D eigenvalue weighted by Gasteiger charge is 2.49. The molecule has 2 saturated carbocycles. The van der Waals surface area contributed by atoms with Crippen molar-refractivity contribution in [1.29, 1.82) is 0 Å². The molecule has 0 spiro atoms. The van der Waals surface area contributed by atoms with Gasteiger partial charge < -0.3 is 9.84 Å². The first-order chi connectivity index (χ1) is 8.76. The topological polar surface area (TPSA) is 29.5 Å². The van der Waals surface area contributed by atoms with Crippen molar-refractivity contribution in [3.05, 3.63) is 22.5 Å². The smallest absolute Gasteiger partial charge is 0.211 e. The second kappa shape index (κ2) is 3.86. The standard InChI is InChI=1S/C16H22O2/c17-16-9-3-6-13(16)10-12-7-8-14(15(12)18-16)11-4-1-2-5-11/h13,17H,1-10H2/t13-,16+/m1/s1. The molecule has 0 unspecified atom stereocenters. The van der Waals surface area contributed by atoms with Crippen LogP contribution < -0.4 is 0 Å². The summed E-state index contributed by atoms with van der Waals surface area (Å²) in [7, 11) is 0.